The molecule has 11 heavy (non-hydrogen) atoms. The van der Waals surface area contributed by atoms with Gasteiger partial charge in [-0.25, -0.2) is 0 Å². The molecule has 0 saturated carbocycles. The first-order valence-corrected chi connectivity index (χ1v) is 4.49. The van der Waals surface area contributed by atoms with Crippen molar-refractivity contribution in [3.63, 3.8) is 0 Å². The van der Waals surface area contributed by atoms with Crippen molar-refractivity contribution in [3.8, 4) is 0 Å². The molecule has 1 aromatic rings. The number of hydrogen-bond acceptors (Lipinski definition) is 0. The fourth-order valence-electron chi connectivity index (χ4n) is 2.07. The lowest BCUT2D eigenvalue weighted by atomic mass is 9.99. The lowest BCUT2D eigenvalue weighted by Crippen LogP contribution is -1.88. The Hall–Kier alpha value is -0.780. The summed E-state index contributed by atoms with van der Waals surface area (Å²) in [5, 5.41) is 0. The maximum atomic E-state index is 2.29. The van der Waals surface area contributed by atoms with Crippen LogP contribution in [0.5, 0.6) is 0 Å². The minimum Gasteiger partial charge on any atom is -0.0648 e. The van der Waals surface area contributed by atoms with Crippen molar-refractivity contribution in [2.24, 2.45) is 0 Å². The molecule has 1 aliphatic carbocycles. The van der Waals surface area contributed by atoms with Gasteiger partial charge in [-0.3, -0.25) is 0 Å². The van der Waals surface area contributed by atoms with Crippen LogP contribution in [-0.4, -0.2) is 0 Å². The zero-order chi connectivity index (χ0) is 7.68. The Balaban J connectivity index is 2.39. The number of hydrogen-bond donors (Lipinski definition) is 0. The predicted octanol–water partition coefficient (Wildman–Crippen LogP) is 3.13. The van der Waals surface area contributed by atoms with Gasteiger partial charge in [0.25, 0.3) is 0 Å². The van der Waals surface area contributed by atoms with Crippen LogP contribution in [-0.2, 0) is 6.42 Å². The number of aryl methyl sites for hydroxylation is 1. The van der Waals surface area contributed by atoms with Crippen molar-refractivity contribution in [1.29, 1.82) is 0 Å². The summed E-state index contributed by atoms with van der Waals surface area (Å²) in [5.41, 5.74) is 3.19. The van der Waals surface area contributed by atoms with E-state index in [4.69, 9.17) is 0 Å². The Labute approximate surface area is 68.3 Å². The van der Waals surface area contributed by atoms with E-state index < -0.39 is 0 Å². The van der Waals surface area contributed by atoms with E-state index >= 15 is 0 Å². The lowest BCUT2D eigenvalue weighted by molar-refractivity contribution is 0.656. The molecule has 0 N–H and O–H groups in total. The van der Waals surface area contributed by atoms with E-state index in [1.54, 1.807) is 11.1 Å². The first-order chi connectivity index (χ1) is 5.42. The third-order valence-electron chi connectivity index (χ3n) is 2.75. The van der Waals surface area contributed by atoms with Gasteiger partial charge in [-0.15, -0.1) is 0 Å². The molecule has 0 bridgehead atoms. The maximum absolute atomic E-state index is 2.29. The molecule has 0 unspecified atom stereocenters. The maximum Gasteiger partial charge on any atom is -0.0159 e. The van der Waals surface area contributed by atoms with Gasteiger partial charge in [0.2, 0.25) is 0 Å². The normalized spacial score (nSPS) is 21.7. The van der Waals surface area contributed by atoms with Crippen molar-refractivity contribution >= 4 is 0 Å². The van der Waals surface area contributed by atoms with E-state index in [0.29, 0.717) is 0 Å². The highest BCUT2D eigenvalue weighted by Gasteiger charge is 2.19. The van der Waals surface area contributed by atoms with Gasteiger partial charge in [-0.05, 0) is 36.3 Å². The van der Waals surface area contributed by atoms with E-state index in [1.807, 2.05) is 0 Å². The molecular formula is C11H14. The molecule has 0 spiro atoms. The number of rotatable bonds is 1. The van der Waals surface area contributed by atoms with Crippen LogP contribution in [0.15, 0.2) is 24.3 Å². The molecule has 0 heteroatoms. The standard InChI is InChI=1S/C11H14/c1-2-9-7-8-10-5-3-4-6-11(9)10/h3-6,9H,2,7-8H2,1H3/t9-/m0/s1. The molecule has 1 aromatic carbocycles. The van der Waals surface area contributed by atoms with E-state index in [-0.39, 0.29) is 0 Å². The summed E-state index contributed by atoms with van der Waals surface area (Å²) in [4.78, 5) is 0. The Morgan fingerprint density at radius 1 is 1.36 bits per heavy atom. The van der Waals surface area contributed by atoms with Gasteiger partial charge in [0.15, 0.2) is 0 Å². The van der Waals surface area contributed by atoms with Crippen LogP contribution < -0.4 is 0 Å². The van der Waals surface area contributed by atoms with Crippen molar-refractivity contribution < 1.29 is 0 Å². The number of fused-ring (bicyclic) bond motifs is 1. The van der Waals surface area contributed by atoms with Gasteiger partial charge >= 0.3 is 0 Å². The average Bonchev–Trinajstić information content (AvgIpc) is 2.47. The van der Waals surface area contributed by atoms with Crippen molar-refractivity contribution in [2.75, 3.05) is 0 Å². The topological polar surface area (TPSA) is 0 Å². The molecule has 58 valence electrons. The second-order valence-electron chi connectivity index (χ2n) is 3.34. The van der Waals surface area contributed by atoms with Crippen LogP contribution in [0.2, 0.25) is 0 Å². The molecule has 1 aliphatic rings. The van der Waals surface area contributed by atoms with Crippen LogP contribution in [0.25, 0.3) is 0 Å². The molecule has 0 aromatic heterocycles. The van der Waals surface area contributed by atoms with E-state index in [1.165, 1.54) is 19.3 Å². The summed E-state index contributed by atoms with van der Waals surface area (Å²) < 4.78 is 0. The SMILES string of the molecule is CC[C@H]1CCc2ccccc21. The highest BCUT2D eigenvalue weighted by Crippen LogP contribution is 2.34. The van der Waals surface area contributed by atoms with Crippen molar-refractivity contribution in [3.05, 3.63) is 35.4 Å². The Bertz CT molecular complexity index is 250. The Kier molecular flexibility index (Phi) is 1.69. The van der Waals surface area contributed by atoms with Crippen LogP contribution in [0, 0.1) is 0 Å². The lowest BCUT2D eigenvalue weighted by Gasteiger charge is -2.06. The van der Waals surface area contributed by atoms with E-state index in [9.17, 15) is 0 Å². The van der Waals surface area contributed by atoms with E-state index in [2.05, 4.69) is 31.2 Å². The molecular weight excluding hydrogens is 132 g/mol. The van der Waals surface area contributed by atoms with Crippen molar-refractivity contribution in [2.45, 2.75) is 32.1 Å². The summed E-state index contributed by atoms with van der Waals surface area (Å²) >= 11 is 0. The largest absolute Gasteiger partial charge is 0.0648 e. The summed E-state index contributed by atoms with van der Waals surface area (Å²) in [6.07, 6.45) is 3.97. The quantitative estimate of drug-likeness (QED) is 0.571. The summed E-state index contributed by atoms with van der Waals surface area (Å²) in [6, 6.07) is 8.87. The predicted molar refractivity (Wildman–Crippen MR) is 47.8 cm³/mol. The second kappa shape index (κ2) is 2.69. The first kappa shape index (κ1) is 6.90. The molecule has 0 fully saturated rings. The van der Waals surface area contributed by atoms with Gasteiger partial charge in [0.05, 0.1) is 0 Å². The second-order valence-corrected chi connectivity index (χ2v) is 3.34. The molecule has 2 rings (SSSR count). The third kappa shape index (κ3) is 1.07. The number of benzene rings is 1. The van der Waals surface area contributed by atoms with Crippen LogP contribution in [0.1, 0.15) is 36.8 Å². The van der Waals surface area contributed by atoms with E-state index in [0.717, 1.165) is 5.92 Å². The fraction of sp³-hybridized carbons (Fsp3) is 0.455. The smallest absolute Gasteiger partial charge is 0.0159 e. The average molecular weight is 146 g/mol. The minimum absolute atomic E-state index is 0.853. The Morgan fingerprint density at radius 3 is 3.00 bits per heavy atom. The van der Waals surface area contributed by atoms with Gasteiger partial charge < -0.3 is 0 Å². The minimum atomic E-state index is 0.853. The zero-order valence-corrected chi connectivity index (χ0v) is 7.01. The van der Waals surface area contributed by atoms with Crippen LogP contribution >= 0.6 is 0 Å². The zero-order valence-electron chi connectivity index (χ0n) is 7.01. The third-order valence-corrected chi connectivity index (χ3v) is 2.75. The van der Waals surface area contributed by atoms with Crippen molar-refractivity contribution in [1.82, 2.24) is 0 Å². The highest BCUT2D eigenvalue weighted by molar-refractivity contribution is 5.34. The molecule has 0 amide bonds. The van der Waals surface area contributed by atoms with Crippen LogP contribution in [0.3, 0.4) is 0 Å². The molecule has 0 heterocycles. The Morgan fingerprint density at radius 2 is 2.18 bits per heavy atom. The summed E-state index contributed by atoms with van der Waals surface area (Å²) in [6.45, 7) is 2.28. The monoisotopic (exact) mass is 146 g/mol. The van der Waals surface area contributed by atoms with Gasteiger partial charge in [0.1, 0.15) is 0 Å². The summed E-state index contributed by atoms with van der Waals surface area (Å²) in [5.74, 6) is 0.853. The summed E-state index contributed by atoms with van der Waals surface area (Å²) in [7, 11) is 0. The molecule has 0 saturated heterocycles. The molecule has 0 nitrogen and oxygen atoms in total. The van der Waals surface area contributed by atoms with Gasteiger partial charge in [-0.2, -0.15) is 0 Å². The van der Waals surface area contributed by atoms with Gasteiger partial charge in [-0.1, -0.05) is 31.2 Å². The highest BCUT2D eigenvalue weighted by atomic mass is 14.2. The van der Waals surface area contributed by atoms with Gasteiger partial charge in [0, 0.05) is 0 Å². The molecule has 1 atom stereocenters. The van der Waals surface area contributed by atoms with Crippen LogP contribution in [0.4, 0.5) is 0 Å². The fourth-order valence-corrected chi connectivity index (χ4v) is 2.07. The molecule has 0 radical (unpaired) electrons. The molecule has 0 aliphatic heterocycles. The first-order valence-electron chi connectivity index (χ1n) is 4.49.